The first kappa shape index (κ1) is 19.7. The Morgan fingerprint density at radius 1 is 0.667 bits per heavy atom. The Morgan fingerprint density at radius 2 is 1.24 bits per heavy atom. The third-order valence-electron chi connectivity index (χ3n) is 5.78. The van der Waals surface area contributed by atoms with Crippen LogP contribution < -0.4 is 0 Å². The van der Waals surface area contributed by atoms with Crippen LogP contribution in [-0.2, 0) is 0 Å². The molecule has 0 N–H and O–H groups in total. The second-order valence-electron chi connectivity index (χ2n) is 7.79. The summed E-state index contributed by atoms with van der Waals surface area (Å²) in [4.78, 5) is 23.0. The molecule has 0 unspecified atom stereocenters. The highest BCUT2D eigenvalue weighted by Gasteiger charge is 2.17. The second kappa shape index (κ2) is 8.19. The molecule has 0 bridgehead atoms. The van der Waals surface area contributed by atoms with Crippen molar-refractivity contribution in [1.82, 2.24) is 14.5 Å². The van der Waals surface area contributed by atoms with Gasteiger partial charge < -0.3 is 0 Å². The second-order valence-corrected chi connectivity index (χ2v) is 8.73. The molecule has 0 spiro atoms. The van der Waals surface area contributed by atoms with Crippen molar-refractivity contribution in [3.63, 3.8) is 0 Å². The summed E-state index contributed by atoms with van der Waals surface area (Å²) in [6, 6.07) is 34.2. The van der Waals surface area contributed by atoms with Crippen molar-refractivity contribution in [2.75, 3.05) is 5.75 Å². The minimum Gasteiger partial charge on any atom is -0.279 e. The van der Waals surface area contributed by atoms with E-state index in [1.54, 1.807) is 0 Å². The Bertz CT molecular complexity index is 1590. The Labute approximate surface area is 194 Å². The average Bonchev–Trinajstić information content (AvgIpc) is 3.22. The molecule has 0 radical (unpaired) electrons. The van der Waals surface area contributed by atoms with Crippen LogP contribution in [0.2, 0.25) is 0 Å². The number of nitrogens with zero attached hydrogens (tertiary/aromatic N) is 3. The van der Waals surface area contributed by atoms with Crippen LogP contribution in [0.3, 0.4) is 0 Å². The van der Waals surface area contributed by atoms with Gasteiger partial charge in [-0.1, -0.05) is 96.7 Å². The highest BCUT2D eigenvalue weighted by atomic mass is 32.2. The third-order valence-corrected chi connectivity index (χ3v) is 6.62. The summed E-state index contributed by atoms with van der Waals surface area (Å²) in [5.74, 6) is 0.255. The fourth-order valence-corrected chi connectivity index (χ4v) is 5.02. The van der Waals surface area contributed by atoms with E-state index in [0.29, 0.717) is 5.16 Å². The van der Waals surface area contributed by atoms with Crippen molar-refractivity contribution < 1.29 is 4.79 Å². The number of fused-ring (bicyclic) bond motifs is 4. The quantitative estimate of drug-likeness (QED) is 0.220. The van der Waals surface area contributed by atoms with Crippen LogP contribution in [-0.4, -0.2) is 26.2 Å². The van der Waals surface area contributed by atoms with Gasteiger partial charge in [0.2, 0.25) is 5.91 Å². The molecule has 5 heteroatoms. The fraction of sp³-hybridized carbons (Fsp3) is 0.0357. The monoisotopic (exact) mass is 445 g/mol. The minimum absolute atomic E-state index is 0.00965. The molecule has 0 aliphatic rings. The predicted octanol–water partition coefficient (Wildman–Crippen LogP) is 6.84. The first-order valence-corrected chi connectivity index (χ1v) is 11.7. The summed E-state index contributed by atoms with van der Waals surface area (Å²) >= 11 is 1.37. The normalized spacial score (nSPS) is 11.4. The van der Waals surface area contributed by atoms with Crippen LogP contribution in [0, 0.1) is 0 Å². The van der Waals surface area contributed by atoms with Gasteiger partial charge in [-0.05, 0) is 18.2 Å². The maximum atomic E-state index is 13.4. The molecule has 6 rings (SSSR count). The van der Waals surface area contributed by atoms with Crippen molar-refractivity contribution in [1.29, 1.82) is 0 Å². The summed E-state index contributed by atoms with van der Waals surface area (Å²) in [6.07, 6.45) is 0. The van der Waals surface area contributed by atoms with E-state index in [0.717, 1.165) is 44.0 Å². The standard InChI is InChI=1S/C28H19N3OS/c32-26(31-24-16-8-5-12-20(24)21-13-6-9-17-25(21)31)18-33-28-29-23-15-7-4-14-22(23)27(30-28)19-10-2-1-3-11-19/h1-17H,18H2. The Hall–Kier alpha value is -3.96. The molecule has 33 heavy (non-hydrogen) atoms. The van der Waals surface area contributed by atoms with Gasteiger partial charge in [-0.3, -0.25) is 9.36 Å². The maximum Gasteiger partial charge on any atom is 0.242 e. The Balaban J connectivity index is 1.38. The van der Waals surface area contributed by atoms with Crippen molar-refractivity contribution in [2.45, 2.75) is 5.16 Å². The van der Waals surface area contributed by atoms with Gasteiger partial charge in [-0.15, -0.1) is 0 Å². The van der Waals surface area contributed by atoms with E-state index < -0.39 is 0 Å². The molecular formula is C28H19N3OS. The van der Waals surface area contributed by atoms with E-state index >= 15 is 0 Å². The van der Waals surface area contributed by atoms with Crippen LogP contribution in [0.4, 0.5) is 0 Å². The van der Waals surface area contributed by atoms with Crippen LogP contribution in [0.15, 0.2) is 108 Å². The van der Waals surface area contributed by atoms with Crippen molar-refractivity contribution in [2.24, 2.45) is 0 Å². The lowest BCUT2D eigenvalue weighted by Gasteiger charge is -2.09. The molecule has 0 atom stereocenters. The van der Waals surface area contributed by atoms with Crippen molar-refractivity contribution in [3.05, 3.63) is 103 Å². The average molecular weight is 446 g/mol. The van der Waals surface area contributed by atoms with Crippen LogP contribution in [0.1, 0.15) is 4.79 Å². The number of hydrogen-bond donors (Lipinski definition) is 0. The fourth-order valence-electron chi connectivity index (χ4n) is 4.32. The van der Waals surface area contributed by atoms with E-state index in [1.165, 1.54) is 11.8 Å². The molecule has 6 aromatic rings. The van der Waals surface area contributed by atoms with E-state index in [2.05, 4.69) is 12.1 Å². The largest absolute Gasteiger partial charge is 0.279 e. The SMILES string of the molecule is O=C(CSc1nc(-c2ccccc2)c2ccccc2n1)n1c2ccccc2c2ccccc21. The highest BCUT2D eigenvalue weighted by molar-refractivity contribution is 7.99. The first-order valence-electron chi connectivity index (χ1n) is 10.8. The zero-order valence-corrected chi connectivity index (χ0v) is 18.5. The number of thioether (sulfide) groups is 1. The van der Waals surface area contributed by atoms with Crippen molar-refractivity contribution in [3.8, 4) is 11.3 Å². The summed E-state index contributed by atoms with van der Waals surface area (Å²) in [5.41, 5.74) is 4.64. The van der Waals surface area contributed by atoms with Gasteiger partial charge in [0.15, 0.2) is 5.16 Å². The molecule has 0 saturated carbocycles. The van der Waals surface area contributed by atoms with Gasteiger partial charge >= 0.3 is 0 Å². The zero-order chi connectivity index (χ0) is 22.2. The van der Waals surface area contributed by atoms with Crippen molar-refractivity contribution >= 4 is 50.4 Å². The molecule has 0 aliphatic carbocycles. The summed E-state index contributed by atoms with van der Waals surface area (Å²) < 4.78 is 1.82. The number of carbonyl (C=O) groups excluding carboxylic acids is 1. The summed E-state index contributed by atoms with van der Waals surface area (Å²) in [6.45, 7) is 0. The number of aromatic nitrogens is 3. The van der Waals surface area contributed by atoms with Gasteiger partial charge in [0.1, 0.15) is 0 Å². The molecule has 158 valence electrons. The van der Waals surface area contributed by atoms with Gasteiger partial charge in [0.05, 0.1) is 28.0 Å². The summed E-state index contributed by atoms with van der Waals surface area (Å²) in [7, 11) is 0. The molecule has 0 saturated heterocycles. The maximum absolute atomic E-state index is 13.4. The van der Waals surface area contributed by atoms with Crippen LogP contribution >= 0.6 is 11.8 Å². The number of hydrogen-bond acceptors (Lipinski definition) is 4. The highest BCUT2D eigenvalue weighted by Crippen LogP contribution is 2.31. The Morgan fingerprint density at radius 3 is 1.94 bits per heavy atom. The number of rotatable bonds is 4. The summed E-state index contributed by atoms with van der Waals surface area (Å²) in [5, 5.41) is 3.77. The molecule has 0 fully saturated rings. The van der Waals surface area contributed by atoms with E-state index in [4.69, 9.17) is 9.97 Å². The van der Waals surface area contributed by atoms with Crippen LogP contribution in [0.5, 0.6) is 0 Å². The van der Waals surface area contributed by atoms with E-state index in [-0.39, 0.29) is 11.7 Å². The topological polar surface area (TPSA) is 47.8 Å². The third kappa shape index (κ3) is 3.47. The number of para-hydroxylation sites is 3. The van der Waals surface area contributed by atoms with Gasteiger partial charge in [0, 0.05) is 21.7 Å². The minimum atomic E-state index is 0.00965. The molecule has 2 aromatic heterocycles. The molecular weight excluding hydrogens is 426 g/mol. The van der Waals surface area contributed by atoms with E-state index in [9.17, 15) is 4.79 Å². The molecule has 4 nitrogen and oxygen atoms in total. The smallest absolute Gasteiger partial charge is 0.242 e. The molecule has 4 aromatic carbocycles. The lowest BCUT2D eigenvalue weighted by atomic mass is 10.1. The van der Waals surface area contributed by atoms with E-state index in [1.807, 2.05) is 95.6 Å². The Kier molecular flexibility index (Phi) is 4.89. The molecule has 0 amide bonds. The lowest BCUT2D eigenvalue weighted by molar-refractivity contribution is 0.0951. The predicted molar refractivity (Wildman–Crippen MR) is 136 cm³/mol. The zero-order valence-electron chi connectivity index (χ0n) is 17.7. The number of benzene rings is 4. The van der Waals surface area contributed by atoms with Gasteiger partial charge in [-0.25, -0.2) is 9.97 Å². The molecule has 0 aliphatic heterocycles. The molecule has 2 heterocycles. The number of carbonyl (C=O) groups is 1. The van der Waals surface area contributed by atoms with Gasteiger partial charge in [-0.2, -0.15) is 0 Å². The lowest BCUT2D eigenvalue weighted by Crippen LogP contribution is -2.13. The van der Waals surface area contributed by atoms with Crippen LogP contribution in [0.25, 0.3) is 44.0 Å². The van der Waals surface area contributed by atoms with Gasteiger partial charge in [0.25, 0.3) is 0 Å². The first-order chi connectivity index (χ1) is 16.3.